The summed E-state index contributed by atoms with van der Waals surface area (Å²) in [6.45, 7) is 2.37. The van der Waals surface area contributed by atoms with Crippen molar-refractivity contribution in [2.24, 2.45) is 0 Å². The van der Waals surface area contributed by atoms with E-state index in [4.69, 9.17) is 0 Å². The number of hydrogen-bond acceptors (Lipinski definition) is 5. The van der Waals surface area contributed by atoms with Gasteiger partial charge < -0.3 is 5.32 Å². The Bertz CT molecular complexity index is 584. The van der Waals surface area contributed by atoms with Gasteiger partial charge in [0.1, 0.15) is 0 Å². The van der Waals surface area contributed by atoms with Crippen LogP contribution in [-0.4, -0.2) is 44.0 Å². The molecule has 7 nitrogen and oxygen atoms in total. The summed E-state index contributed by atoms with van der Waals surface area (Å²) in [5.41, 5.74) is 1.43. The molecule has 8 heteroatoms. The van der Waals surface area contributed by atoms with Crippen LogP contribution < -0.4 is 5.32 Å². The van der Waals surface area contributed by atoms with Gasteiger partial charge in [-0.15, -0.1) is 0 Å². The van der Waals surface area contributed by atoms with Gasteiger partial charge in [0.15, 0.2) is 0 Å². The highest BCUT2D eigenvalue weighted by molar-refractivity contribution is 7.89. The third-order valence-corrected chi connectivity index (χ3v) is 4.73. The smallest absolute Gasteiger partial charge is 0.272 e. The molecule has 0 spiro atoms. The van der Waals surface area contributed by atoms with Crippen molar-refractivity contribution in [3.63, 3.8) is 0 Å². The average Bonchev–Trinajstić information content (AvgIpc) is 2.35. The molecule has 1 aromatic carbocycles. The van der Waals surface area contributed by atoms with E-state index >= 15 is 0 Å². The van der Waals surface area contributed by atoms with Crippen molar-refractivity contribution in [2.45, 2.75) is 13.5 Å². The second-order valence-electron chi connectivity index (χ2n) is 4.65. The van der Waals surface area contributed by atoms with Gasteiger partial charge in [0.2, 0.25) is 10.0 Å². The first-order valence-electron chi connectivity index (χ1n) is 6.09. The normalized spacial score (nSPS) is 11.8. The monoisotopic (exact) mass is 301 g/mol. The van der Waals surface area contributed by atoms with Crippen LogP contribution in [0, 0.1) is 17.0 Å². The van der Waals surface area contributed by atoms with Crippen molar-refractivity contribution in [1.29, 1.82) is 0 Å². The predicted molar refractivity (Wildman–Crippen MR) is 77.0 cm³/mol. The minimum Gasteiger partial charge on any atom is -0.312 e. The second-order valence-corrected chi connectivity index (χ2v) is 6.96. The summed E-state index contributed by atoms with van der Waals surface area (Å²) >= 11 is 0. The van der Waals surface area contributed by atoms with Gasteiger partial charge in [-0.3, -0.25) is 10.1 Å². The van der Waals surface area contributed by atoms with Gasteiger partial charge in [0.05, 0.1) is 10.7 Å². The van der Waals surface area contributed by atoms with E-state index < -0.39 is 14.9 Å². The number of hydrogen-bond donors (Lipinski definition) is 1. The highest BCUT2D eigenvalue weighted by Gasteiger charge is 2.13. The molecule has 0 saturated heterocycles. The average molecular weight is 301 g/mol. The van der Waals surface area contributed by atoms with Gasteiger partial charge >= 0.3 is 0 Å². The Morgan fingerprint density at radius 2 is 2.00 bits per heavy atom. The SMILES string of the molecule is Cc1ccc(CNCCS(=O)(=O)N(C)C)cc1[N+](=O)[O-]. The number of nitrogens with one attached hydrogen (secondary N) is 1. The topological polar surface area (TPSA) is 92.6 Å². The molecule has 0 aromatic heterocycles. The molecule has 0 saturated carbocycles. The van der Waals surface area contributed by atoms with Crippen LogP contribution in [0.2, 0.25) is 0 Å². The maximum atomic E-state index is 11.5. The van der Waals surface area contributed by atoms with Crippen LogP contribution in [0.15, 0.2) is 18.2 Å². The molecule has 0 bridgehead atoms. The molecule has 1 N–H and O–H groups in total. The molecule has 0 radical (unpaired) electrons. The van der Waals surface area contributed by atoms with Crippen molar-refractivity contribution in [3.05, 3.63) is 39.4 Å². The lowest BCUT2D eigenvalue weighted by atomic mass is 10.1. The first-order chi connectivity index (χ1) is 9.24. The molecular formula is C12H19N3O4S. The van der Waals surface area contributed by atoms with Crippen molar-refractivity contribution in [2.75, 3.05) is 26.4 Å². The van der Waals surface area contributed by atoms with E-state index in [2.05, 4.69) is 5.32 Å². The summed E-state index contributed by atoms with van der Waals surface area (Å²) in [6.07, 6.45) is 0. The summed E-state index contributed by atoms with van der Waals surface area (Å²) in [4.78, 5) is 10.4. The Hall–Kier alpha value is -1.51. The zero-order valence-electron chi connectivity index (χ0n) is 11.8. The van der Waals surface area contributed by atoms with Gasteiger partial charge in [-0.1, -0.05) is 12.1 Å². The van der Waals surface area contributed by atoms with Crippen LogP contribution in [0.25, 0.3) is 0 Å². The van der Waals surface area contributed by atoms with Gasteiger partial charge in [-0.05, 0) is 12.5 Å². The summed E-state index contributed by atoms with van der Waals surface area (Å²) in [6, 6.07) is 4.98. The molecule has 0 aliphatic heterocycles. The van der Waals surface area contributed by atoms with Gasteiger partial charge in [-0.25, -0.2) is 12.7 Å². The predicted octanol–water partition coefficient (Wildman–Crippen LogP) is 0.884. The molecule has 112 valence electrons. The number of rotatable bonds is 7. The lowest BCUT2D eigenvalue weighted by Gasteiger charge is -2.11. The fourth-order valence-corrected chi connectivity index (χ4v) is 2.35. The number of nitro groups is 1. The fraction of sp³-hybridized carbons (Fsp3) is 0.500. The van der Waals surface area contributed by atoms with E-state index in [-0.39, 0.29) is 11.4 Å². The molecule has 0 fully saturated rings. The second kappa shape index (κ2) is 6.78. The molecule has 1 rings (SSSR count). The van der Waals surface area contributed by atoms with E-state index in [0.29, 0.717) is 18.7 Å². The van der Waals surface area contributed by atoms with E-state index in [0.717, 1.165) is 5.56 Å². The number of benzene rings is 1. The van der Waals surface area contributed by atoms with Gasteiger partial charge in [0.25, 0.3) is 5.69 Å². The Labute approximate surface area is 118 Å². The lowest BCUT2D eigenvalue weighted by molar-refractivity contribution is -0.385. The zero-order chi connectivity index (χ0) is 15.3. The van der Waals surface area contributed by atoms with Crippen molar-refractivity contribution in [3.8, 4) is 0 Å². The van der Waals surface area contributed by atoms with E-state index in [1.165, 1.54) is 24.5 Å². The summed E-state index contributed by atoms with van der Waals surface area (Å²) in [7, 11) is -0.249. The van der Waals surface area contributed by atoms with Crippen molar-refractivity contribution < 1.29 is 13.3 Å². The highest BCUT2D eigenvalue weighted by Crippen LogP contribution is 2.18. The van der Waals surface area contributed by atoms with E-state index in [1.807, 2.05) is 0 Å². The van der Waals surface area contributed by atoms with E-state index in [1.54, 1.807) is 19.1 Å². The van der Waals surface area contributed by atoms with Crippen LogP contribution in [0.5, 0.6) is 0 Å². The van der Waals surface area contributed by atoms with Crippen LogP contribution >= 0.6 is 0 Å². The Balaban J connectivity index is 2.55. The summed E-state index contributed by atoms with van der Waals surface area (Å²) < 4.78 is 24.2. The van der Waals surface area contributed by atoms with Crippen LogP contribution in [0.4, 0.5) is 5.69 Å². The number of sulfonamides is 1. The number of nitro benzene ring substituents is 1. The third kappa shape index (κ3) is 4.55. The summed E-state index contributed by atoms with van der Waals surface area (Å²) in [5.74, 6) is -0.00600. The Kier molecular flexibility index (Phi) is 5.61. The highest BCUT2D eigenvalue weighted by atomic mass is 32.2. The van der Waals surface area contributed by atoms with Crippen LogP contribution in [0.3, 0.4) is 0 Å². The molecule has 0 unspecified atom stereocenters. The Morgan fingerprint density at radius 1 is 1.35 bits per heavy atom. The molecule has 0 amide bonds. The molecule has 0 aliphatic carbocycles. The fourth-order valence-electron chi connectivity index (χ4n) is 1.58. The standard InChI is InChI=1S/C12H19N3O4S/c1-10-4-5-11(8-12(10)15(16)17)9-13-6-7-20(18,19)14(2)3/h4-5,8,13H,6-7,9H2,1-3H3. The molecule has 20 heavy (non-hydrogen) atoms. The summed E-state index contributed by atoms with van der Waals surface area (Å²) in [5, 5.41) is 13.8. The molecular weight excluding hydrogens is 282 g/mol. The third-order valence-electron chi connectivity index (χ3n) is 2.89. The molecule has 0 atom stereocenters. The van der Waals surface area contributed by atoms with E-state index in [9.17, 15) is 18.5 Å². The first-order valence-corrected chi connectivity index (χ1v) is 7.70. The number of nitrogens with zero attached hydrogens (tertiary/aromatic N) is 2. The molecule has 1 aromatic rings. The minimum atomic E-state index is -3.22. The minimum absolute atomic E-state index is 0.00600. The van der Waals surface area contributed by atoms with Crippen molar-refractivity contribution >= 4 is 15.7 Å². The van der Waals surface area contributed by atoms with Gasteiger partial charge in [-0.2, -0.15) is 0 Å². The van der Waals surface area contributed by atoms with Crippen molar-refractivity contribution in [1.82, 2.24) is 9.62 Å². The van der Waals surface area contributed by atoms with Crippen LogP contribution in [0.1, 0.15) is 11.1 Å². The maximum absolute atomic E-state index is 11.5. The maximum Gasteiger partial charge on any atom is 0.272 e. The zero-order valence-corrected chi connectivity index (χ0v) is 12.6. The van der Waals surface area contributed by atoms with Crippen LogP contribution in [-0.2, 0) is 16.6 Å². The lowest BCUT2D eigenvalue weighted by Crippen LogP contribution is -2.31. The quantitative estimate of drug-likeness (QED) is 0.458. The largest absolute Gasteiger partial charge is 0.312 e. The first kappa shape index (κ1) is 16.5. The number of aryl methyl sites for hydroxylation is 1. The molecule has 0 heterocycles. The Morgan fingerprint density at radius 3 is 2.55 bits per heavy atom. The van der Waals surface area contributed by atoms with Gasteiger partial charge in [0, 0.05) is 38.8 Å². The molecule has 0 aliphatic rings.